The van der Waals surface area contributed by atoms with Gasteiger partial charge in [-0.25, -0.2) is 0 Å². The molecule has 0 aliphatic rings. The van der Waals surface area contributed by atoms with Crippen molar-refractivity contribution in [3.05, 3.63) is 12.2 Å². The average molecular weight is 145 g/mol. The Hall–Kier alpha value is 0.130. The van der Waals surface area contributed by atoms with Gasteiger partial charge in [-0.2, -0.15) is 0 Å². The number of rotatable bonds is 4. The summed E-state index contributed by atoms with van der Waals surface area (Å²) < 4.78 is 0. The summed E-state index contributed by atoms with van der Waals surface area (Å²) in [5.41, 5.74) is 6.81. The highest BCUT2D eigenvalue weighted by molar-refractivity contribution is 7.36. The topological polar surface area (TPSA) is 26.0 Å². The number of nitrogens with two attached hydrogens (primary N) is 1. The highest BCUT2D eigenvalue weighted by Crippen LogP contribution is 2.08. The van der Waals surface area contributed by atoms with Crippen molar-refractivity contribution in [2.24, 2.45) is 5.73 Å². The van der Waals surface area contributed by atoms with Crippen LogP contribution >= 0.6 is 8.58 Å². The zero-order chi connectivity index (χ0) is 7.28. The molecule has 0 saturated heterocycles. The van der Waals surface area contributed by atoms with E-state index < -0.39 is 0 Å². The Kier molecular flexibility index (Phi) is 5.03. The summed E-state index contributed by atoms with van der Waals surface area (Å²) in [5.74, 6) is 0. The fraction of sp³-hybridized carbons (Fsp3) is 0.714. The lowest BCUT2D eigenvalue weighted by Gasteiger charge is -2.08. The fourth-order valence-corrected chi connectivity index (χ4v) is 1.15. The minimum atomic E-state index is 0.234. The maximum absolute atomic E-state index is 5.71. The zero-order valence-electron chi connectivity index (χ0n) is 6.28. The Morgan fingerprint density at radius 2 is 2.33 bits per heavy atom. The minimum Gasteiger partial charge on any atom is -0.324 e. The van der Waals surface area contributed by atoms with Crippen molar-refractivity contribution in [3.63, 3.8) is 0 Å². The summed E-state index contributed by atoms with van der Waals surface area (Å²) in [6, 6.07) is 0.234. The molecule has 2 unspecified atom stereocenters. The SMILES string of the molecule is C=C(C)C(N)CCPC. The average Bonchev–Trinajstić information content (AvgIpc) is 1.82. The first kappa shape index (κ1) is 9.13. The summed E-state index contributed by atoms with van der Waals surface area (Å²) in [7, 11) is 1.02. The molecule has 0 rings (SSSR count). The van der Waals surface area contributed by atoms with Gasteiger partial charge in [0.15, 0.2) is 0 Å². The standard InChI is InChI=1S/C7H16NP/c1-6(2)7(8)4-5-9-3/h7,9H,1,4-5,8H2,2-3H3. The Balaban J connectivity index is 3.27. The molecule has 1 nitrogen and oxygen atoms in total. The molecule has 0 heterocycles. The first-order valence-corrected chi connectivity index (χ1v) is 4.94. The van der Waals surface area contributed by atoms with Gasteiger partial charge in [0, 0.05) is 6.04 Å². The number of hydrogen-bond acceptors (Lipinski definition) is 1. The van der Waals surface area contributed by atoms with E-state index in [4.69, 9.17) is 5.73 Å². The van der Waals surface area contributed by atoms with Crippen molar-refractivity contribution < 1.29 is 0 Å². The third kappa shape index (κ3) is 4.62. The van der Waals surface area contributed by atoms with Crippen LogP contribution in [0.1, 0.15) is 13.3 Å². The van der Waals surface area contributed by atoms with Crippen LogP contribution in [0.15, 0.2) is 12.2 Å². The normalized spacial score (nSPS) is 14.6. The van der Waals surface area contributed by atoms with Crippen LogP contribution in [-0.4, -0.2) is 18.9 Å². The zero-order valence-corrected chi connectivity index (χ0v) is 7.28. The van der Waals surface area contributed by atoms with Gasteiger partial charge in [-0.1, -0.05) is 12.2 Å². The van der Waals surface area contributed by atoms with Crippen LogP contribution in [0.25, 0.3) is 0 Å². The largest absolute Gasteiger partial charge is 0.324 e. The lowest BCUT2D eigenvalue weighted by Crippen LogP contribution is -2.20. The van der Waals surface area contributed by atoms with Crippen LogP contribution < -0.4 is 5.73 Å². The lowest BCUT2D eigenvalue weighted by atomic mass is 10.1. The second kappa shape index (κ2) is 4.96. The molecular weight excluding hydrogens is 129 g/mol. The first-order valence-electron chi connectivity index (χ1n) is 3.24. The van der Waals surface area contributed by atoms with Gasteiger partial charge in [0.2, 0.25) is 0 Å². The predicted molar refractivity (Wildman–Crippen MR) is 46.5 cm³/mol. The Labute approximate surface area is 59.5 Å². The third-order valence-corrected chi connectivity index (χ3v) is 2.13. The van der Waals surface area contributed by atoms with E-state index >= 15 is 0 Å². The van der Waals surface area contributed by atoms with Crippen LogP contribution in [0.2, 0.25) is 0 Å². The Bertz CT molecular complexity index is 90.9. The van der Waals surface area contributed by atoms with E-state index in [1.54, 1.807) is 0 Å². The van der Waals surface area contributed by atoms with Crippen LogP contribution in [-0.2, 0) is 0 Å². The lowest BCUT2D eigenvalue weighted by molar-refractivity contribution is 0.748. The molecule has 0 aliphatic heterocycles. The smallest absolute Gasteiger partial charge is 0.0251 e. The van der Waals surface area contributed by atoms with Gasteiger partial charge in [-0.05, 0) is 26.2 Å². The van der Waals surface area contributed by atoms with E-state index in [1.165, 1.54) is 6.16 Å². The van der Waals surface area contributed by atoms with Gasteiger partial charge in [-0.15, -0.1) is 8.58 Å². The van der Waals surface area contributed by atoms with Gasteiger partial charge in [-0.3, -0.25) is 0 Å². The van der Waals surface area contributed by atoms with Crippen molar-refractivity contribution in [2.45, 2.75) is 19.4 Å². The minimum absolute atomic E-state index is 0.234. The fourth-order valence-electron chi connectivity index (χ4n) is 0.546. The third-order valence-electron chi connectivity index (χ3n) is 1.34. The molecule has 0 aliphatic carbocycles. The van der Waals surface area contributed by atoms with E-state index in [-0.39, 0.29) is 6.04 Å². The second-order valence-corrected chi connectivity index (χ2v) is 3.55. The molecule has 2 atom stereocenters. The quantitative estimate of drug-likeness (QED) is 0.472. The molecule has 2 heteroatoms. The van der Waals surface area contributed by atoms with Crippen molar-refractivity contribution in [2.75, 3.05) is 12.8 Å². The van der Waals surface area contributed by atoms with E-state index in [0.29, 0.717) is 0 Å². The van der Waals surface area contributed by atoms with Crippen molar-refractivity contribution >= 4 is 8.58 Å². The van der Waals surface area contributed by atoms with Crippen LogP contribution in [0.5, 0.6) is 0 Å². The van der Waals surface area contributed by atoms with Crippen LogP contribution in [0.3, 0.4) is 0 Å². The maximum Gasteiger partial charge on any atom is 0.0251 e. The van der Waals surface area contributed by atoms with Gasteiger partial charge >= 0.3 is 0 Å². The molecule has 2 N–H and O–H groups in total. The molecule has 9 heavy (non-hydrogen) atoms. The van der Waals surface area contributed by atoms with Gasteiger partial charge < -0.3 is 5.73 Å². The Morgan fingerprint density at radius 1 is 1.78 bits per heavy atom. The summed E-state index contributed by atoms with van der Waals surface area (Å²) >= 11 is 0. The molecular formula is C7H16NP. The molecule has 0 saturated carbocycles. The predicted octanol–water partition coefficient (Wildman–Crippen LogP) is 1.59. The number of hydrogen-bond donors (Lipinski definition) is 1. The summed E-state index contributed by atoms with van der Waals surface area (Å²) in [6.45, 7) is 7.98. The molecule has 0 bridgehead atoms. The van der Waals surface area contributed by atoms with Gasteiger partial charge in [0.05, 0.1) is 0 Å². The Morgan fingerprint density at radius 3 is 2.67 bits per heavy atom. The van der Waals surface area contributed by atoms with Crippen LogP contribution in [0, 0.1) is 0 Å². The molecule has 0 radical (unpaired) electrons. The van der Waals surface area contributed by atoms with E-state index in [9.17, 15) is 0 Å². The summed E-state index contributed by atoms with van der Waals surface area (Å²) in [4.78, 5) is 0. The highest BCUT2D eigenvalue weighted by Gasteiger charge is 1.99. The highest BCUT2D eigenvalue weighted by atomic mass is 31.1. The molecule has 0 spiro atoms. The van der Waals surface area contributed by atoms with Crippen LogP contribution in [0.4, 0.5) is 0 Å². The second-order valence-electron chi connectivity index (χ2n) is 2.35. The van der Waals surface area contributed by atoms with Gasteiger partial charge in [0.1, 0.15) is 0 Å². The summed E-state index contributed by atoms with van der Waals surface area (Å²) in [5, 5.41) is 0. The molecule has 0 fully saturated rings. The maximum atomic E-state index is 5.71. The monoisotopic (exact) mass is 145 g/mol. The molecule has 0 aromatic heterocycles. The first-order chi connectivity index (χ1) is 4.18. The van der Waals surface area contributed by atoms with E-state index in [1.807, 2.05) is 6.92 Å². The van der Waals surface area contributed by atoms with Gasteiger partial charge in [0.25, 0.3) is 0 Å². The van der Waals surface area contributed by atoms with Crippen molar-refractivity contribution in [1.29, 1.82) is 0 Å². The molecule has 0 aromatic carbocycles. The van der Waals surface area contributed by atoms with Crippen molar-refractivity contribution in [3.8, 4) is 0 Å². The molecule has 0 aromatic rings. The van der Waals surface area contributed by atoms with E-state index in [2.05, 4.69) is 13.2 Å². The summed E-state index contributed by atoms with van der Waals surface area (Å²) in [6.07, 6.45) is 2.35. The van der Waals surface area contributed by atoms with Crippen molar-refractivity contribution in [1.82, 2.24) is 0 Å². The molecule has 0 amide bonds. The molecule has 54 valence electrons. The van der Waals surface area contributed by atoms with E-state index in [0.717, 1.165) is 20.6 Å².